The minimum absolute atomic E-state index is 0.0990. The van der Waals surface area contributed by atoms with Crippen LogP contribution in [-0.2, 0) is 17.7 Å². The number of aromatic nitrogens is 1. The molecule has 0 atom stereocenters. The van der Waals surface area contributed by atoms with E-state index in [2.05, 4.69) is 44.1 Å². The van der Waals surface area contributed by atoms with Crippen molar-refractivity contribution in [2.75, 3.05) is 13.2 Å². The second kappa shape index (κ2) is 8.35. The molecule has 120 valence electrons. The number of hydrogen-bond acceptors (Lipinski definition) is 4. The first-order valence-corrected chi connectivity index (χ1v) is 7.79. The summed E-state index contributed by atoms with van der Waals surface area (Å²) in [7, 11) is 0. The zero-order valence-corrected chi connectivity index (χ0v) is 14.3. The smallest absolute Gasteiger partial charge is 0.213 e. The summed E-state index contributed by atoms with van der Waals surface area (Å²) in [5.74, 6) is 0.687. The predicted octanol–water partition coefficient (Wildman–Crippen LogP) is 3.34. The lowest BCUT2D eigenvalue weighted by atomic mass is 10.1. The minimum atomic E-state index is 0.0990. The molecule has 1 aromatic heterocycles. The van der Waals surface area contributed by atoms with Crippen molar-refractivity contribution in [2.24, 2.45) is 0 Å². The third-order valence-corrected chi connectivity index (χ3v) is 2.88. The molecule has 0 radical (unpaired) electrons. The molecular formula is C17H30N2O2. The molecular weight excluding hydrogens is 264 g/mol. The number of pyridine rings is 1. The van der Waals surface area contributed by atoms with Crippen molar-refractivity contribution in [1.82, 2.24) is 10.3 Å². The molecule has 21 heavy (non-hydrogen) atoms. The van der Waals surface area contributed by atoms with E-state index in [9.17, 15) is 0 Å². The maximum atomic E-state index is 5.71. The fourth-order valence-corrected chi connectivity index (χ4v) is 1.77. The summed E-state index contributed by atoms with van der Waals surface area (Å²) in [6, 6.07) is 4.14. The number of rotatable bonds is 8. The van der Waals surface area contributed by atoms with Crippen LogP contribution < -0.4 is 10.1 Å². The Morgan fingerprint density at radius 1 is 1.19 bits per heavy atom. The van der Waals surface area contributed by atoms with Gasteiger partial charge in [-0.2, -0.15) is 0 Å². The highest BCUT2D eigenvalue weighted by molar-refractivity contribution is 5.25. The van der Waals surface area contributed by atoms with Gasteiger partial charge in [0.15, 0.2) is 0 Å². The normalized spacial score (nSPS) is 12.0. The van der Waals surface area contributed by atoms with Crippen molar-refractivity contribution in [3.8, 4) is 5.88 Å². The van der Waals surface area contributed by atoms with E-state index in [4.69, 9.17) is 9.47 Å². The van der Waals surface area contributed by atoms with Gasteiger partial charge >= 0.3 is 0 Å². The molecule has 0 saturated heterocycles. The Bertz CT molecular complexity index is 425. The van der Waals surface area contributed by atoms with Crippen molar-refractivity contribution in [3.63, 3.8) is 0 Å². The zero-order chi connectivity index (χ0) is 15.9. The van der Waals surface area contributed by atoms with Crippen LogP contribution in [0.4, 0.5) is 0 Å². The first-order valence-electron chi connectivity index (χ1n) is 7.79. The highest BCUT2D eigenvalue weighted by Crippen LogP contribution is 2.14. The van der Waals surface area contributed by atoms with Crippen LogP contribution in [-0.4, -0.2) is 29.8 Å². The molecule has 0 amide bonds. The molecule has 0 spiro atoms. The summed E-state index contributed by atoms with van der Waals surface area (Å²) in [4.78, 5) is 4.51. The van der Waals surface area contributed by atoms with Gasteiger partial charge in [-0.25, -0.2) is 4.98 Å². The van der Waals surface area contributed by atoms with Gasteiger partial charge in [0.05, 0.1) is 12.7 Å². The SMILES string of the molecule is CCc1cc(CNC(C)(C)C)cc(OCCOC(C)C)n1. The van der Waals surface area contributed by atoms with E-state index in [0.717, 1.165) is 18.7 Å². The lowest BCUT2D eigenvalue weighted by Gasteiger charge is -2.21. The van der Waals surface area contributed by atoms with Crippen LogP contribution in [0, 0.1) is 0 Å². The second-order valence-electron chi connectivity index (χ2n) is 6.53. The van der Waals surface area contributed by atoms with E-state index in [0.29, 0.717) is 19.1 Å². The van der Waals surface area contributed by atoms with Crippen molar-refractivity contribution in [1.29, 1.82) is 0 Å². The fraction of sp³-hybridized carbons (Fsp3) is 0.706. The topological polar surface area (TPSA) is 43.4 Å². The Morgan fingerprint density at radius 3 is 2.48 bits per heavy atom. The molecule has 0 saturated carbocycles. The molecule has 0 aliphatic carbocycles. The molecule has 0 bridgehead atoms. The first-order chi connectivity index (χ1) is 9.80. The molecule has 0 aromatic carbocycles. The predicted molar refractivity (Wildman–Crippen MR) is 86.8 cm³/mol. The summed E-state index contributed by atoms with van der Waals surface area (Å²) >= 11 is 0. The second-order valence-corrected chi connectivity index (χ2v) is 6.53. The molecule has 0 unspecified atom stereocenters. The molecule has 1 N–H and O–H groups in total. The summed E-state index contributed by atoms with van der Waals surface area (Å²) in [5, 5.41) is 3.49. The third kappa shape index (κ3) is 8.02. The molecule has 0 fully saturated rings. The summed E-state index contributed by atoms with van der Waals surface area (Å²) < 4.78 is 11.2. The summed E-state index contributed by atoms with van der Waals surface area (Å²) in [6.45, 7) is 14.6. The Balaban J connectivity index is 2.62. The largest absolute Gasteiger partial charge is 0.475 e. The number of hydrogen-bond donors (Lipinski definition) is 1. The number of aryl methyl sites for hydroxylation is 1. The Labute approximate surface area is 129 Å². The molecule has 0 aliphatic rings. The van der Waals surface area contributed by atoms with Crippen molar-refractivity contribution in [2.45, 2.75) is 66.2 Å². The van der Waals surface area contributed by atoms with Gasteiger partial charge in [-0.05, 0) is 52.7 Å². The van der Waals surface area contributed by atoms with Gasteiger partial charge in [-0.3, -0.25) is 0 Å². The maximum absolute atomic E-state index is 5.71. The Hall–Kier alpha value is -1.13. The van der Waals surface area contributed by atoms with Crippen LogP contribution in [0.25, 0.3) is 0 Å². The lowest BCUT2D eigenvalue weighted by Crippen LogP contribution is -2.35. The van der Waals surface area contributed by atoms with Gasteiger partial charge in [-0.15, -0.1) is 0 Å². The minimum Gasteiger partial charge on any atom is -0.475 e. The van der Waals surface area contributed by atoms with Crippen molar-refractivity contribution in [3.05, 3.63) is 23.4 Å². The van der Waals surface area contributed by atoms with Gasteiger partial charge in [0, 0.05) is 23.8 Å². The maximum Gasteiger partial charge on any atom is 0.213 e. The summed E-state index contributed by atoms with van der Waals surface area (Å²) in [6.07, 6.45) is 1.14. The quantitative estimate of drug-likeness (QED) is 0.747. The van der Waals surface area contributed by atoms with Crippen LogP contribution in [0.15, 0.2) is 12.1 Å². The molecule has 1 rings (SSSR count). The summed E-state index contributed by atoms with van der Waals surface area (Å²) in [5.41, 5.74) is 2.36. The van der Waals surface area contributed by atoms with Crippen LogP contribution in [0.5, 0.6) is 5.88 Å². The van der Waals surface area contributed by atoms with E-state index in [1.54, 1.807) is 0 Å². The molecule has 1 aromatic rings. The Kier molecular flexibility index (Phi) is 7.12. The van der Waals surface area contributed by atoms with Crippen LogP contribution in [0.1, 0.15) is 52.8 Å². The third-order valence-electron chi connectivity index (χ3n) is 2.88. The van der Waals surface area contributed by atoms with E-state index < -0.39 is 0 Å². The van der Waals surface area contributed by atoms with Crippen molar-refractivity contribution < 1.29 is 9.47 Å². The van der Waals surface area contributed by atoms with E-state index in [-0.39, 0.29) is 11.6 Å². The lowest BCUT2D eigenvalue weighted by molar-refractivity contribution is 0.0542. The standard InChI is InChI=1S/C17H30N2O2/c1-7-15-10-14(12-18-17(4,5)6)11-16(19-15)21-9-8-20-13(2)3/h10-11,13,18H,7-9,12H2,1-6H3. The van der Waals surface area contributed by atoms with Crippen LogP contribution in [0.2, 0.25) is 0 Å². The Morgan fingerprint density at radius 2 is 1.90 bits per heavy atom. The van der Waals surface area contributed by atoms with E-state index in [1.807, 2.05) is 19.9 Å². The van der Waals surface area contributed by atoms with E-state index >= 15 is 0 Å². The monoisotopic (exact) mass is 294 g/mol. The van der Waals surface area contributed by atoms with Crippen molar-refractivity contribution >= 4 is 0 Å². The van der Waals surface area contributed by atoms with Gasteiger partial charge in [-0.1, -0.05) is 6.92 Å². The van der Waals surface area contributed by atoms with Gasteiger partial charge in [0.25, 0.3) is 0 Å². The highest BCUT2D eigenvalue weighted by atomic mass is 16.5. The number of ether oxygens (including phenoxy) is 2. The molecule has 4 heteroatoms. The zero-order valence-electron chi connectivity index (χ0n) is 14.3. The average Bonchev–Trinajstić information content (AvgIpc) is 2.40. The fourth-order valence-electron chi connectivity index (χ4n) is 1.77. The average molecular weight is 294 g/mol. The van der Waals surface area contributed by atoms with Gasteiger partial charge in [0.2, 0.25) is 5.88 Å². The number of nitrogens with zero attached hydrogens (tertiary/aromatic N) is 1. The highest BCUT2D eigenvalue weighted by Gasteiger charge is 2.10. The molecule has 1 heterocycles. The molecule has 0 aliphatic heterocycles. The number of nitrogens with one attached hydrogen (secondary N) is 1. The van der Waals surface area contributed by atoms with Crippen LogP contribution in [0.3, 0.4) is 0 Å². The van der Waals surface area contributed by atoms with Gasteiger partial charge < -0.3 is 14.8 Å². The first kappa shape index (κ1) is 17.9. The van der Waals surface area contributed by atoms with E-state index in [1.165, 1.54) is 5.56 Å². The van der Waals surface area contributed by atoms with Crippen LogP contribution >= 0.6 is 0 Å². The molecule has 4 nitrogen and oxygen atoms in total. The van der Waals surface area contributed by atoms with Gasteiger partial charge in [0.1, 0.15) is 6.61 Å².